The minimum atomic E-state index is -1.32. The molecule has 0 aliphatic heterocycles. The fourth-order valence-corrected chi connectivity index (χ4v) is 0.696. The molecule has 0 aromatic heterocycles. The summed E-state index contributed by atoms with van der Waals surface area (Å²) < 4.78 is 9.80. The lowest BCUT2D eigenvalue weighted by Crippen LogP contribution is -2.33. The second kappa shape index (κ2) is 4.49. The van der Waals surface area contributed by atoms with Crippen LogP contribution in [0.5, 0.6) is 0 Å². The molecule has 5 nitrogen and oxygen atoms in total. The Labute approximate surface area is 52.9 Å². The number of aliphatic hydroxyl groups excluding tert-OH is 1. The van der Waals surface area contributed by atoms with Gasteiger partial charge in [0, 0.05) is 0 Å². The standard InChI is InChI=1S/C3H8NO4P/c5-1-2(3(6)7)4-9-8/h2,5H,1,9H2,(H,4,8)(H,6,7)/t2-/m0/s1. The van der Waals surface area contributed by atoms with Crippen molar-refractivity contribution < 1.29 is 19.6 Å². The van der Waals surface area contributed by atoms with Crippen LogP contribution in [0.25, 0.3) is 0 Å². The molecule has 0 saturated heterocycles. The minimum Gasteiger partial charge on any atom is -0.480 e. The zero-order chi connectivity index (χ0) is 7.28. The summed E-state index contributed by atoms with van der Waals surface area (Å²) in [5.41, 5.74) is 0. The normalized spacial score (nSPS) is 14.3. The van der Waals surface area contributed by atoms with Gasteiger partial charge in [0.25, 0.3) is 0 Å². The van der Waals surface area contributed by atoms with Gasteiger partial charge in [-0.05, 0) is 0 Å². The average molecular weight is 153 g/mol. The van der Waals surface area contributed by atoms with Crippen LogP contribution in [0.2, 0.25) is 0 Å². The Kier molecular flexibility index (Phi) is 4.30. The maximum absolute atomic E-state index is 9.97. The molecule has 3 N–H and O–H groups in total. The number of carboxylic acids is 1. The molecule has 0 rings (SSSR count). The molecule has 54 valence electrons. The molecule has 0 fully saturated rings. The van der Waals surface area contributed by atoms with Crippen LogP contribution in [-0.4, -0.2) is 28.8 Å². The molecule has 0 saturated carbocycles. The van der Waals surface area contributed by atoms with Crippen molar-refractivity contribution in [1.82, 2.24) is 5.09 Å². The molecule has 0 heterocycles. The third-order valence-corrected chi connectivity index (χ3v) is 1.29. The van der Waals surface area contributed by atoms with E-state index in [1.807, 2.05) is 0 Å². The first kappa shape index (κ1) is 8.62. The van der Waals surface area contributed by atoms with E-state index in [0.29, 0.717) is 0 Å². The average Bonchev–Trinajstić information content (AvgIpc) is 1.82. The third-order valence-electron chi connectivity index (χ3n) is 0.750. The van der Waals surface area contributed by atoms with E-state index in [4.69, 9.17) is 10.2 Å². The Bertz CT molecular complexity index is 116. The summed E-state index contributed by atoms with van der Waals surface area (Å²) in [5, 5.41) is 18.5. The Morgan fingerprint density at radius 1 is 1.78 bits per heavy atom. The van der Waals surface area contributed by atoms with Gasteiger partial charge in [-0.2, -0.15) is 0 Å². The zero-order valence-corrected chi connectivity index (χ0v) is 5.73. The molecule has 6 heteroatoms. The quantitative estimate of drug-likeness (QED) is 0.436. The second-order valence-electron chi connectivity index (χ2n) is 1.36. The smallest absolute Gasteiger partial charge is 0.323 e. The molecular weight excluding hydrogens is 145 g/mol. The van der Waals surface area contributed by atoms with Gasteiger partial charge in [-0.25, -0.2) is 0 Å². The fraction of sp³-hybridized carbons (Fsp3) is 0.667. The van der Waals surface area contributed by atoms with Crippen molar-refractivity contribution in [3.05, 3.63) is 0 Å². The first-order valence-electron chi connectivity index (χ1n) is 2.25. The van der Waals surface area contributed by atoms with Gasteiger partial charge in [0.1, 0.15) is 14.7 Å². The monoisotopic (exact) mass is 153 g/mol. The van der Waals surface area contributed by atoms with Crippen LogP contribution < -0.4 is 5.09 Å². The summed E-state index contributed by atoms with van der Waals surface area (Å²) in [6, 6.07) is -1.09. The fourth-order valence-electron chi connectivity index (χ4n) is 0.284. The molecule has 0 amide bonds. The molecule has 1 unspecified atom stereocenters. The molecule has 9 heavy (non-hydrogen) atoms. The maximum atomic E-state index is 9.97. The van der Waals surface area contributed by atoms with E-state index in [1.54, 1.807) is 0 Å². The van der Waals surface area contributed by atoms with Crippen molar-refractivity contribution >= 4 is 14.6 Å². The van der Waals surface area contributed by atoms with E-state index in [0.717, 1.165) is 0 Å². The van der Waals surface area contributed by atoms with E-state index < -0.39 is 27.2 Å². The van der Waals surface area contributed by atoms with Crippen LogP contribution in [0.3, 0.4) is 0 Å². The summed E-state index contributed by atoms with van der Waals surface area (Å²) in [6.45, 7) is -0.537. The van der Waals surface area contributed by atoms with Gasteiger partial charge < -0.3 is 14.8 Å². The first-order valence-corrected chi connectivity index (χ1v) is 3.30. The van der Waals surface area contributed by atoms with Gasteiger partial charge in [-0.1, -0.05) is 0 Å². The van der Waals surface area contributed by atoms with Crippen LogP contribution in [-0.2, 0) is 9.36 Å². The molecule has 0 spiro atoms. The second-order valence-corrected chi connectivity index (χ2v) is 1.93. The van der Waals surface area contributed by atoms with Gasteiger partial charge in [0.2, 0.25) is 0 Å². The summed E-state index contributed by atoms with van der Waals surface area (Å²) in [7, 11) is -1.32. The molecule has 0 aliphatic carbocycles. The largest absolute Gasteiger partial charge is 0.480 e. The number of hydrogen-bond donors (Lipinski definition) is 3. The molecule has 0 aromatic carbocycles. The van der Waals surface area contributed by atoms with Crippen molar-refractivity contribution in [3.63, 3.8) is 0 Å². The van der Waals surface area contributed by atoms with Gasteiger partial charge in [-0.15, -0.1) is 0 Å². The highest BCUT2D eigenvalue weighted by Crippen LogP contribution is 1.88. The highest BCUT2D eigenvalue weighted by Gasteiger charge is 2.12. The highest BCUT2D eigenvalue weighted by molar-refractivity contribution is 7.21. The summed E-state index contributed by atoms with van der Waals surface area (Å²) in [5.74, 6) is -1.19. The van der Waals surface area contributed by atoms with Crippen molar-refractivity contribution in [1.29, 1.82) is 0 Å². The van der Waals surface area contributed by atoms with Crippen LogP contribution in [0.4, 0.5) is 0 Å². The highest BCUT2D eigenvalue weighted by atomic mass is 31.1. The van der Waals surface area contributed by atoms with Gasteiger partial charge in [0.15, 0.2) is 0 Å². The molecule has 0 aromatic rings. The van der Waals surface area contributed by atoms with Crippen molar-refractivity contribution in [2.45, 2.75) is 6.04 Å². The number of rotatable bonds is 4. The van der Waals surface area contributed by atoms with Crippen molar-refractivity contribution in [3.8, 4) is 0 Å². The number of aliphatic hydroxyl groups is 1. The van der Waals surface area contributed by atoms with Crippen molar-refractivity contribution in [2.75, 3.05) is 6.61 Å². The van der Waals surface area contributed by atoms with E-state index in [-0.39, 0.29) is 0 Å². The Balaban J connectivity index is 3.67. The summed E-state index contributed by atoms with van der Waals surface area (Å²) in [6.07, 6.45) is 0. The number of nitrogens with one attached hydrogen (secondary N) is 1. The van der Waals surface area contributed by atoms with Crippen LogP contribution in [0, 0.1) is 0 Å². The van der Waals surface area contributed by atoms with Crippen LogP contribution >= 0.6 is 8.61 Å². The Hall–Kier alpha value is -0.380. The lowest BCUT2D eigenvalue weighted by atomic mass is 10.3. The predicted octanol–water partition coefficient (Wildman–Crippen LogP) is -1.31. The van der Waals surface area contributed by atoms with Crippen LogP contribution in [0.1, 0.15) is 0 Å². The summed E-state index contributed by atoms with van der Waals surface area (Å²) >= 11 is 0. The van der Waals surface area contributed by atoms with Gasteiger partial charge in [-0.3, -0.25) is 9.88 Å². The van der Waals surface area contributed by atoms with E-state index >= 15 is 0 Å². The Morgan fingerprint density at radius 2 is 2.33 bits per heavy atom. The predicted molar refractivity (Wildman–Crippen MR) is 32.0 cm³/mol. The summed E-state index contributed by atoms with van der Waals surface area (Å²) in [4.78, 5) is 9.97. The number of carboxylic acid groups (broad SMARTS) is 1. The first-order chi connectivity index (χ1) is 4.22. The molecular formula is C3H8NO4P. The molecule has 0 radical (unpaired) electrons. The topological polar surface area (TPSA) is 86.6 Å². The maximum Gasteiger partial charge on any atom is 0.323 e. The number of carbonyl (C=O) groups is 1. The van der Waals surface area contributed by atoms with Crippen LogP contribution in [0.15, 0.2) is 0 Å². The Morgan fingerprint density at radius 3 is 2.44 bits per heavy atom. The lowest BCUT2D eigenvalue weighted by Gasteiger charge is -2.03. The number of aliphatic carboxylic acids is 1. The molecule has 0 bridgehead atoms. The minimum absolute atomic E-state index is 0.537. The third kappa shape index (κ3) is 3.24. The van der Waals surface area contributed by atoms with Gasteiger partial charge in [0.05, 0.1) is 6.61 Å². The van der Waals surface area contributed by atoms with Gasteiger partial charge >= 0.3 is 5.97 Å². The van der Waals surface area contributed by atoms with E-state index in [1.165, 1.54) is 0 Å². The van der Waals surface area contributed by atoms with E-state index in [2.05, 4.69) is 5.09 Å². The van der Waals surface area contributed by atoms with E-state index in [9.17, 15) is 9.36 Å². The SMILES string of the molecule is O=[PH2]N[C@@H](CO)C(=O)O. The number of hydrogen-bond acceptors (Lipinski definition) is 3. The molecule has 0 aliphatic rings. The molecule has 2 atom stereocenters. The lowest BCUT2D eigenvalue weighted by molar-refractivity contribution is -0.139. The zero-order valence-electron chi connectivity index (χ0n) is 4.57. The van der Waals surface area contributed by atoms with Crippen molar-refractivity contribution in [2.24, 2.45) is 0 Å².